The maximum absolute atomic E-state index is 13.0. The van der Waals surface area contributed by atoms with Crippen LogP contribution in [0.5, 0.6) is 0 Å². The van der Waals surface area contributed by atoms with E-state index in [4.69, 9.17) is 11.6 Å². The number of hydrogen-bond donors (Lipinski definition) is 0. The summed E-state index contributed by atoms with van der Waals surface area (Å²) >= 11 is 5.92. The number of alkyl halides is 3. The lowest BCUT2D eigenvalue weighted by Gasteiger charge is -2.42. The first-order valence-corrected chi connectivity index (χ1v) is 4.58. The van der Waals surface area contributed by atoms with E-state index in [1.54, 1.807) is 0 Å². The summed E-state index contributed by atoms with van der Waals surface area (Å²) < 4.78 is 26.1. The van der Waals surface area contributed by atoms with Crippen molar-refractivity contribution in [3.63, 3.8) is 0 Å². The van der Waals surface area contributed by atoms with Crippen LogP contribution in [0.2, 0.25) is 0 Å². The van der Waals surface area contributed by atoms with E-state index in [1.807, 2.05) is 0 Å². The largest absolute Gasteiger partial charge is 0.254 e. The zero-order chi connectivity index (χ0) is 7.80. The first-order chi connectivity index (χ1) is 5.12. The van der Waals surface area contributed by atoms with Crippen molar-refractivity contribution in [1.29, 1.82) is 0 Å². The number of hydrogen-bond acceptors (Lipinski definition) is 0. The Morgan fingerprint density at radius 2 is 1.91 bits per heavy atom. The fourth-order valence-corrected chi connectivity index (χ4v) is 3.91. The van der Waals surface area contributed by atoms with E-state index in [9.17, 15) is 8.78 Å². The molecule has 0 aromatic carbocycles. The highest BCUT2D eigenvalue weighted by atomic mass is 35.5. The molecule has 62 valence electrons. The van der Waals surface area contributed by atoms with Gasteiger partial charge in [0.1, 0.15) is 0 Å². The lowest BCUT2D eigenvalue weighted by molar-refractivity contribution is -0.185. The molecule has 0 amide bonds. The Bertz CT molecular complexity index is 216. The van der Waals surface area contributed by atoms with Gasteiger partial charge in [-0.15, -0.1) is 11.6 Å². The topological polar surface area (TPSA) is 0 Å². The van der Waals surface area contributed by atoms with Gasteiger partial charge in [0.2, 0.25) is 0 Å². The standard InChI is InChI=1S/C8H9ClF2/c9-6-2-3-5-1-4(6)7(3)8(5,10)11/h3-7H,1-2H2/t3-,4-,5+,6+,7?/m0/s1. The molecule has 0 nitrogen and oxygen atoms in total. The molecule has 0 spiro atoms. The lowest BCUT2D eigenvalue weighted by Crippen LogP contribution is -2.49. The van der Waals surface area contributed by atoms with Crippen LogP contribution in [-0.4, -0.2) is 11.3 Å². The molecule has 4 bridgehead atoms. The van der Waals surface area contributed by atoms with Gasteiger partial charge < -0.3 is 0 Å². The summed E-state index contributed by atoms with van der Waals surface area (Å²) in [6, 6.07) is 0. The molecule has 3 heteroatoms. The van der Waals surface area contributed by atoms with E-state index in [1.165, 1.54) is 0 Å². The highest BCUT2D eigenvalue weighted by Gasteiger charge is 2.76. The molecule has 0 saturated heterocycles. The molecule has 0 aromatic heterocycles. The minimum Gasteiger partial charge on any atom is -0.206 e. The van der Waals surface area contributed by atoms with Gasteiger partial charge in [0.15, 0.2) is 0 Å². The molecule has 5 atom stereocenters. The quantitative estimate of drug-likeness (QED) is 0.500. The maximum Gasteiger partial charge on any atom is 0.254 e. The second-order valence-electron chi connectivity index (χ2n) is 4.12. The van der Waals surface area contributed by atoms with Gasteiger partial charge in [-0.05, 0) is 24.7 Å². The summed E-state index contributed by atoms with van der Waals surface area (Å²) in [6.45, 7) is 0. The second kappa shape index (κ2) is 1.59. The molecule has 0 radical (unpaired) electrons. The summed E-state index contributed by atoms with van der Waals surface area (Å²) in [5.74, 6) is -2.57. The molecular formula is C8H9ClF2. The van der Waals surface area contributed by atoms with Gasteiger partial charge >= 0.3 is 0 Å². The fourth-order valence-electron chi connectivity index (χ4n) is 3.44. The van der Waals surface area contributed by atoms with Crippen molar-refractivity contribution in [1.82, 2.24) is 0 Å². The van der Waals surface area contributed by atoms with Crippen LogP contribution >= 0.6 is 11.6 Å². The monoisotopic (exact) mass is 178 g/mol. The van der Waals surface area contributed by atoms with Crippen molar-refractivity contribution in [3.8, 4) is 0 Å². The maximum atomic E-state index is 13.0. The van der Waals surface area contributed by atoms with Gasteiger partial charge in [-0.1, -0.05) is 0 Å². The number of rotatable bonds is 0. The molecule has 4 rings (SSSR count). The zero-order valence-corrected chi connectivity index (χ0v) is 6.69. The smallest absolute Gasteiger partial charge is 0.206 e. The van der Waals surface area contributed by atoms with E-state index in [0.717, 1.165) is 6.42 Å². The third kappa shape index (κ3) is 0.516. The Hall–Kier alpha value is 0.150. The van der Waals surface area contributed by atoms with Gasteiger partial charge in [0, 0.05) is 17.2 Å². The summed E-state index contributed by atoms with van der Waals surface area (Å²) in [6.07, 6.45) is 1.54. The first-order valence-electron chi connectivity index (χ1n) is 4.14. The van der Waals surface area contributed by atoms with Crippen molar-refractivity contribution in [2.24, 2.45) is 23.7 Å². The van der Waals surface area contributed by atoms with E-state index in [-0.39, 0.29) is 29.0 Å². The normalized spacial score (nSPS) is 63.0. The molecule has 0 aromatic rings. The number of halogens is 3. The van der Waals surface area contributed by atoms with Crippen LogP contribution in [0.3, 0.4) is 0 Å². The summed E-state index contributed by atoms with van der Waals surface area (Å²) in [4.78, 5) is 0. The van der Waals surface area contributed by atoms with Crippen molar-refractivity contribution < 1.29 is 8.78 Å². The molecule has 4 aliphatic carbocycles. The molecule has 11 heavy (non-hydrogen) atoms. The predicted molar refractivity (Wildman–Crippen MR) is 37.8 cm³/mol. The molecule has 0 aliphatic heterocycles. The highest BCUT2D eigenvalue weighted by Crippen LogP contribution is 2.73. The SMILES string of the molecule is FC1(F)C2[C@H]3C[C@@H]1[C@@H]2C[C@H]3Cl. The molecule has 1 unspecified atom stereocenters. The van der Waals surface area contributed by atoms with Crippen LogP contribution in [0.25, 0.3) is 0 Å². The van der Waals surface area contributed by atoms with Gasteiger partial charge in [0.25, 0.3) is 5.92 Å². The Morgan fingerprint density at radius 1 is 1.18 bits per heavy atom. The van der Waals surface area contributed by atoms with E-state index in [2.05, 4.69) is 0 Å². The van der Waals surface area contributed by atoms with Crippen LogP contribution < -0.4 is 0 Å². The first kappa shape index (κ1) is 6.64. The molecule has 0 N–H and O–H groups in total. The van der Waals surface area contributed by atoms with Crippen molar-refractivity contribution in [2.75, 3.05) is 0 Å². The zero-order valence-electron chi connectivity index (χ0n) is 5.93. The van der Waals surface area contributed by atoms with Crippen LogP contribution in [0.1, 0.15) is 12.8 Å². The average Bonchev–Trinajstić information content (AvgIpc) is 2.47. The molecule has 4 aliphatic rings. The Morgan fingerprint density at radius 3 is 2.36 bits per heavy atom. The van der Waals surface area contributed by atoms with Gasteiger partial charge in [0.05, 0.1) is 0 Å². The predicted octanol–water partition coefficient (Wildman–Crippen LogP) is 2.51. The average molecular weight is 179 g/mol. The Balaban J connectivity index is 1.99. The van der Waals surface area contributed by atoms with Crippen LogP contribution in [-0.2, 0) is 0 Å². The second-order valence-corrected chi connectivity index (χ2v) is 4.68. The van der Waals surface area contributed by atoms with Crippen LogP contribution in [0, 0.1) is 23.7 Å². The van der Waals surface area contributed by atoms with Crippen molar-refractivity contribution in [3.05, 3.63) is 0 Å². The molecule has 0 heterocycles. The van der Waals surface area contributed by atoms with E-state index in [0.29, 0.717) is 6.42 Å². The molecule has 4 saturated carbocycles. The van der Waals surface area contributed by atoms with Gasteiger partial charge in [-0.2, -0.15) is 0 Å². The van der Waals surface area contributed by atoms with Gasteiger partial charge in [-0.3, -0.25) is 0 Å². The third-order valence-electron chi connectivity index (χ3n) is 3.87. The lowest BCUT2D eigenvalue weighted by atomic mass is 9.69. The summed E-state index contributed by atoms with van der Waals surface area (Å²) in [7, 11) is 0. The highest BCUT2D eigenvalue weighted by molar-refractivity contribution is 6.21. The minimum atomic E-state index is -2.35. The molecule has 4 fully saturated rings. The van der Waals surface area contributed by atoms with Crippen LogP contribution in [0.15, 0.2) is 0 Å². The van der Waals surface area contributed by atoms with E-state index < -0.39 is 5.92 Å². The Labute approximate surface area is 68.9 Å². The third-order valence-corrected chi connectivity index (χ3v) is 4.37. The van der Waals surface area contributed by atoms with Gasteiger partial charge in [-0.25, -0.2) is 8.78 Å². The van der Waals surface area contributed by atoms with Crippen molar-refractivity contribution >= 4 is 11.6 Å². The molecular weight excluding hydrogens is 170 g/mol. The summed E-state index contributed by atoms with van der Waals surface area (Å²) in [5.41, 5.74) is 0. The van der Waals surface area contributed by atoms with Crippen LogP contribution in [0.4, 0.5) is 8.78 Å². The van der Waals surface area contributed by atoms with Crippen molar-refractivity contribution in [2.45, 2.75) is 24.1 Å². The fraction of sp³-hybridized carbons (Fsp3) is 1.00. The Kier molecular flexibility index (Phi) is 0.958. The van der Waals surface area contributed by atoms with E-state index >= 15 is 0 Å². The minimum absolute atomic E-state index is 0.0506. The summed E-state index contributed by atoms with van der Waals surface area (Å²) in [5, 5.41) is 0.0506.